The van der Waals surface area contributed by atoms with Crippen LogP contribution < -0.4 is 10.2 Å². The molecule has 0 radical (unpaired) electrons. The number of nitrogens with one attached hydrogen (secondary N) is 1. The Hall–Kier alpha value is -2.82. The predicted octanol–water partition coefficient (Wildman–Crippen LogP) is 2.94. The maximum absolute atomic E-state index is 12.2. The molecule has 0 spiro atoms. The zero-order valence-electron chi connectivity index (χ0n) is 13.3. The van der Waals surface area contributed by atoms with Crippen LogP contribution >= 0.6 is 0 Å². The Labute approximate surface area is 135 Å². The molecule has 0 unspecified atom stereocenters. The average Bonchev–Trinajstić information content (AvgIpc) is 2.61. The summed E-state index contributed by atoms with van der Waals surface area (Å²) in [6.45, 7) is 0.487. The monoisotopic (exact) mass is 312 g/mol. The topological polar surface area (TPSA) is 58.6 Å². The number of para-hydroxylation sites is 1. The molecule has 5 nitrogen and oxygen atoms in total. The van der Waals surface area contributed by atoms with Crippen molar-refractivity contribution in [1.82, 2.24) is 0 Å². The number of methoxy groups -OCH3 is 1. The van der Waals surface area contributed by atoms with Crippen LogP contribution in [0.3, 0.4) is 0 Å². The minimum absolute atomic E-state index is 0.0211. The van der Waals surface area contributed by atoms with E-state index in [1.807, 2.05) is 36.4 Å². The molecule has 0 saturated carbocycles. The Bertz CT molecular complexity index is 671. The summed E-state index contributed by atoms with van der Waals surface area (Å²) < 4.78 is 4.69. The van der Waals surface area contributed by atoms with Gasteiger partial charge in [-0.25, -0.2) is 4.79 Å². The Morgan fingerprint density at radius 2 is 1.83 bits per heavy atom. The second kappa shape index (κ2) is 7.98. The van der Waals surface area contributed by atoms with Crippen LogP contribution in [0.15, 0.2) is 54.6 Å². The Balaban J connectivity index is 1.87. The second-order valence-corrected chi connectivity index (χ2v) is 5.04. The molecule has 0 bridgehead atoms. The number of benzene rings is 2. The number of amides is 1. The van der Waals surface area contributed by atoms with E-state index in [4.69, 9.17) is 0 Å². The molecule has 5 heteroatoms. The lowest BCUT2D eigenvalue weighted by atomic mass is 10.2. The zero-order valence-corrected chi connectivity index (χ0v) is 13.3. The second-order valence-electron chi connectivity index (χ2n) is 5.04. The van der Waals surface area contributed by atoms with E-state index in [0.717, 1.165) is 11.4 Å². The molecule has 2 rings (SSSR count). The third-order valence-corrected chi connectivity index (χ3v) is 3.47. The number of esters is 1. The molecule has 0 aliphatic carbocycles. The fraction of sp³-hybridized carbons (Fsp3) is 0.222. The molecule has 1 N–H and O–H groups in total. The number of nitrogens with zero attached hydrogens (tertiary/aromatic N) is 1. The van der Waals surface area contributed by atoms with Gasteiger partial charge in [-0.1, -0.05) is 24.3 Å². The van der Waals surface area contributed by atoms with E-state index in [0.29, 0.717) is 18.5 Å². The van der Waals surface area contributed by atoms with Crippen molar-refractivity contribution in [3.05, 3.63) is 60.2 Å². The quantitative estimate of drug-likeness (QED) is 0.833. The highest BCUT2D eigenvalue weighted by Crippen LogP contribution is 2.14. The summed E-state index contributed by atoms with van der Waals surface area (Å²) >= 11 is 0. The number of hydrogen-bond donors (Lipinski definition) is 1. The molecule has 0 aliphatic heterocycles. The van der Waals surface area contributed by atoms with E-state index in [9.17, 15) is 9.59 Å². The highest BCUT2D eigenvalue weighted by molar-refractivity contribution is 5.93. The number of carbonyl (C=O) groups excluding carboxylic acids is 2. The van der Waals surface area contributed by atoms with Gasteiger partial charge in [-0.15, -0.1) is 0 Å². The number of carbonyl (C=O) groups is 2. The number of hydrogen-bond acceptors (Lipinski definition) is 4. The maximum atomic E-state index is 12.2. The van der Waals surface area contributed by atoms with E-state index in [1.54, 1.807) is 30.1 Å². The molecule has 2 aromatic rings. The number of ether oxygens (including phenoxy) is 1. The molecule has 0 fully saturated rings. The van der Waals surface area contributed by atoms with Gasteiger partial charge in [0.1, 0.15) is 0 Å². The standard InChI is InChI=1S/C18H20N2O3/c1-20(16-9-4-3-5-10-16)17(21)11-12-19-15-8-6-7-14(13-15)18(22)23-2/h3-10,13,19H,11-12H2,1-2H3. The Morgan fingerprint density at radius 1 is 1.09 bits per heavy atom. The van der Waals surface area contributed by atoms with Crippen molar-refractivity contribution in [3.63, 3.8) is 0 Å². The van der Waals surface area contributed by atoms with Gasteiger partial charge >= 0.3 is 5.97 Å². The first-order valence-electron chi connectivity index (χ1n) is 7.35. The van der Waals surface area contributed by atoms with Crippen molar-refractivity contribution in [2.24, 2.45) is 0 Å². The van der Waals surface area contributed by atoms with Crippen molar-refractivity contribution in [3.8, 4) is 0 Å². The normalized spacial score (nSPS) is 10.0. The average molecular weight is 312 g/mol. The fourth-order valence-corrected chi connectivity index (χ4v) is 2.15. The molecular formula is C18H20N2O3. The van der Waals surface area contributed by atoms with Gasteiger partial charge in [0, 0.05) is 31.4 Å². The summed E-state index contributed by atoms with van der Waals surface area (Å²) in [7, 11) is 3.11. The van der Waals surface area contributed by atoms with Gasteiger partial charge in [-0.05, 0) is 30.3 Å². The van der Waals surface area contributed by atoms with Gasteiger partial charge in [-0.3, -0.25) is 4.79 Å². The number of anilines is 2. The lowest BCUT2D eigenvalue weighted by Gasteiger charge is -2.17. The maximum Gasteiger partial charge on any atom is 0.337 e. The van der Waals surface area contributed by atoms with Crippen LogP contribution in [-0.2, 0) is 9.53 Å². The third-order valence-electron chi connectivity index (χ3n) is 3.47. The van der Waals surface area contributed by atoms with Crippen LogP contribution in [0.5, 0.6) is 0 Å². The van der Waals surface area contributed by atoms with Crippen molar-refractivity contribution in [1.29, 1.82) is 0 Å². The molecule has 120 valence electrons. The SMILES string of the molecule is COC(=O)c1cccc(NCCC(=O)N(C)c2ccccc2)c1. The van der Waals surface area contributed by atoms with Gasteiger partial charge in [-0.2, -0.15) is 0 Å². The lowest BCUT2D eigenvalue weighted by molar-refractivity contribution is -0.118. The van der Waals surface area contributed by atoms with Gasteiger partial charge in [0.2, 0.25) is 5.91 Å². The lowest BCUT2D eigenvalue weighted by Crippen LogP contribution is -2.27. The van der Waals surface area contributed by atoms with Crippen LogP contribution in [0.1, 0.15) is 16.8 Å². The molecular weight excluding hydrogens is 292 g/mol. The minimum atomic E-state index is -0.381. The molecule has 0 saturated heterocycles. The first-order chi connectivity index (χ1) is 11.1. The zero-order chi connectivity index (χ0) is 16.7. The minimum Gasteiger partial charge on any atom is -0.465 e. The Morgan fingerprint density at radius 3 is 2.52 bits per heavy atom. The van der Waals surface area contributed by atoms with Crippen molar-refractivity contribution >= 4 is 23.3 Å². The van der Waals surface area contributed by atoms with Crippen molar-refractivity contribution in [2.75, 3.05) is 30.9 Å². The summed E-state index contributed by atoms with van der Waals surface area (Å²) in [5.41, 5.74) is 2.12. The predicted molar refractivity (Wildman–Crippen MR) is 90.7 cm³/mol. The first kappa shape index (κ1) is 16.5. The van der Waals surface area contributed by atoms with Crippen LogP contribution in [0, 0.1) is 0 Å². The van der Waals surface area contributed by atoms with Crippen LogP contribution in [0.4, 0.5) is 11.4 Å². The van der Waals surface area contributed by atoms with Gasteiger partial charge in [0.25, 0.3) is 0 Å². The van der Waals surface area contributed by atoms with E-state index in [-0.39, 0.29) is 11.9 Å². The highest BCUT2D eigenvalue weighted by Gasteiger charge is 2.10. The summed E-state index contributed by atoms with van der Waals surface area (Å²) in [6, 6.07) is 16.5. The highest BCUT2D eigenvalue weighted by atomic mass is 16.5. The molecule has 2 aromatic carbocycles. The van der Waals surface area contributed by atoms with Crippen molar-refractivity contribution in [2.45, 2.75) is 6.42 Å². The third kappa shape index (κ3) is 4.57. The van der Waals surface area contributed by atoms with Crippen LogP contribution in [0.25, 0.3) is 0 Å². The molecule has 0 aliphatic rings. The van der Waals surface area contributed by atoms with E-state index in [2.05, 4.69) is 10.1 Å². The Kier molecular flexibility index (Phi) is 5.74. The van der Waals surface area contributed by atoms with Gasteiger partial charge in [0.05, 0.1) is 12.7 Å². The number of rotatable bonds is 6. The summed E-state index contributed by atoms with van der Waals surface area (Å²) in [4.78, 5) is 25.3. The van der Waals surface area contributed by atoms with Gasteiger partial charge < -0.3 is 15.0 Å². The molecule has 23 heavy (non-hydrogen) atoms. The van der Waals surface area contributed by atoms with E-state index < -0.39 is 0 Å². The fourth-order valence-electron chi connectivity index (χ4n) is 2.15. The summed E-state index contributed by atoms with van der Waals surface area (Å²) in [5.74, 6) is -0.360. The summed E-state index contributed by atoms with van der Waals surface area (Å²) in [6.07, 6.45) is 0.355. The van der Waals surface area contributed by atoms with Crippen LogP contribution in [-0.4, -0.2) is 32.6 Å². The molecule has 1 amide bonds. The van der Waals surface area contributed by atoms with Crippen molar-refractivity contribution < 1.29 is 14.3 Å². The largest absolute Gasteiger partial charge is 0.465 e. The molecule has 0 atom stereocenters. The van der Waals surface area contributed by atoms with Gasteiger partial charge in [0.15, 0.2) is 0 Å². The summed E-state index contributed by atoms with van der Waals surface area (Å²) in [5, 5.41) is 3.15. The molecule has 0 heterocycles. The first-order valence-corrected chi connectivity index (χ1v) is 7.35. The molecule has 0 aromatic heterocycles. The van der Waals surface area contributed by atoms with E-state index >= 15 is 0 Å². The van der Waals surface area contributed by atoms with Crippen LogP contribution in [0.2, 0.25) is 0 Å². The smallest absolute Gasteiger partial charge is 0.337 e. The van der Waals surface area contributed by atoms with E-state index in [1.165, 1.54) is 7.11 Å².